The van der Waals surface area contributed by atoms with Crippen LogP contribution in [0.25, 0.3) is 0 Å². The Morgan fingerprint density at radius 1 is 1.32 bits per heavy atom. The van der Waals surface area contributed by atoms with Crippen LogP contribution in [0.3, 0.4) is 0 Å². The quantitative estimate of drug-likeness (QED) is 0.853. The molecule has 0 amide bonds. The fraction of sp³-hybridized carbons (Fsp3) is 0.524. The summed E-state index contributed by atoms with van der Waals surface area (Å²) in [6.07, 6.45) is 2.80. The topological polar surface area (TPSA) is 76.7 Å². The van der Waals surface area contributed by atoms with Crippen LogP contribution in [-0.4, -0.2) is 41.9 Å². The Morgan fingerprint density at radius 2 is 2.11 bits per heavy atom. The molecule has 7 nitrogen and oxygen atoms in total. The normalized spacial score (nSPS) is 19.0. The number of aromatic nitrogens is 2. The summed E-state index contributed by atoms with van der Waals surface area (Å²) in [4.78, 5) is 22.5. The molecule has 28 heavy (non-hydrogen) atoms. The molecule has 150 valence electrons. The smallest absolute Gasteiger partial charge is 0.254 e. The monoisotopic (exact) mass is 385 g/mol. The highest BCUT2D eigenvalue weighted by atomic mass is 16.7. The van der Waals surface area contributed by atoms with Gasteiger partial charge in [0.2, 0.25) is 6.79 Å². The van der Waals surface area contributed by atoms with Crippen molar-refractivity contribution in [1.82, 2.24) is 14.9 Å². The zero-order valence-corrected chi connectivity index (χ0v) is 16.7. The Hall–Kier alpha value is -2.54. The molecule has 1 aromatic heterocycles. The van der Waals surface area contributed by atoms with Crippen LogP contribution in [-0.2, 0) is 13.0 Å². The van der Waals surface area contributed by atoms with Gasteiger partial charge in [-0.15, -0.1) is 0 Å². The lowest BCUT2D eigenvalue weighted by Gasteiger charge is -2.32. The van der Waals surface area contributed by atoms with Crippen LogP contribution in [0.15, 0.2) is 16.9 Å². The number of hydrogen-bond acceptors (Lipinski definition) is 6. The molecule has 1 saturated heterocycles. The second-order valence-corrected chi connectivity index (χ2v) is 7.46. The van der Waals surface area contributed by atoms with Crippen LogP contribution in [0.1, 0.15) is 48.3 Å². The summed E-state index contributed by atoms with van der Waals surface area (Å²) < 4.78 is 16.5. The van der Waals surface area contributed by atoms with Crippen molar-refractivity contribution < 1.29 is 14.2 Å². The molecule has 0 bridgehead atoms. The maximum Gasteiger partial charge on any atom is 0.254 e. The van der Waals surface area contributed by atoms with Crippen LogP contribution in [0.5, 0.6) is 17.2 Å². The Bertz CT molecular complexity index is 925. The van der Waals surface area contributed by atoms with Crippen LogP contribution in [0, 0.1) is 6.92 Å². The number of likely N-dealkylation sites (tertiary alicyclic amines) is 1. The van der Waals surface area contributed by atoms with E-state index in [-0.39, 0.29) is 18.3 Å². The van der Waals surface area contributed by atoms with E-state index in [4.69, 9.17) is 19.2 Å². The molecular weight excluding hydrogens is 358 g/mol. The Kier molecular flexibility index (Phi) is 5.26. The van der Waals surface area contributed by atoms with E-state index in [2.05, 4.69) is 9.88 Å². The van der Waals surface area contributed by atoms with Crippen molar-refractivity contribution >= 4 is 0 Å². The zero-order valence-electron chi connectivity index (χ0n) is 16.7. The van der Waals surface area contributed by atoms with E-state index in [9.17, 15) is 4.79 Å². The molecule has 1 N–H and O–H groups in total. The Balaban J connectivity index is 1.53. The van der Waals surface area contributed by atoms with Crippen molar-refractivity contribution in [2.45, 2.75) is 45.6 Å². The summed E-state index contributed by atoms with van der Waals surface area (Å²) in [6, 6.07) is 3.90. The minimum Gasteiger partial charge on any atom is -0.496 e. The number of aryl methyl sites for hydroxylation is 1. The van der Waals surface area contributed by atoms with Gasteiger partial charge >= 0.3 is 0 Å². The summed E-state index contributed by atoms with van der Waals surface area (Å²) in [6.45, 7) is 6.78. The number of aromatic amines is 1. The highest BCUT2D eigenvalue weighted by Crippen LogP contribution is 2.39. The predicted molar refractivity (Wildman–Crippen MR) is 105 cm³/mol. The molecule has 7 heteroatoms. The lowest BCUT2D eigenvalue weighted by Crippen LogP contribution is -2.35. The Morgan fingerprint density at radius 3 is 2.82 bits per heavy atom. The van der Waals surface area contributed by atoms with Gasteiger partial charge in [-0.25, -0.2) is 4.98 Å². The van der Waals surface area contributed by atoms with E-state index in [0.717, 1.165) is 72.4 Å². The van der Waals surface area contributed by atoms with E-state index < -0.39 is 0 Å². The molecule has 2 aromatic rings. The molecule has 1 atom stereocenters. The number of H-pyrrole nitrogens is 1. The Labute approximate surface area is 164 Å². The summed E-state index contributed by atoms with van der Waals surface area (Å²) >= 11 is 0. The van der Waals surface area contributed by atoms with Gasteiger partial charge in [0.1, 0.15) is 11.6 Å². The largest absolute Gasteiger partial charge is 0.496 e. The number of methoxy groups -OCH3 is 1. The first-order chi connectivity index (χ1) is 13.6. The lowest BCUT2D eigenvalue weighted by molar-refractivity contribution is 0.173. The van der Waals surface area contributed by atoms with E-state index in [1.807, 2.05) is 26.0 Å². The minimum atomic E-state index is -0.000404. The fourth-order valence-electron chi connectivity index (χ4n) is 4.18. The molecule has 4 rings (SSSR count). The second-order valence-electron chi connectivity index (χ2n) is 7.46. The van der Waals surface area contributed by atoms with Gasteiger partial charge < -0.3 is 19.2 Å². The van der Waals surface area contributed by atoms with Gasteiger partial charge in [0, 0.05) is 41.9 Å². The van der Waals surface area contributed by atoms with Crippen LogP contribution in [0.4, 0.5) is 0 Å². The van der Waals surface area contributed by atoms with Gasteiger partial charge in [-0.3, -0.25) is 9.69 Å². The lowest BCUT2D eigenvalue weighted by atomic mass is 9.96. The molecule has 1 fully saturated rings. The van der Waals surface area contributed by atoms with Gasteiger partial charge in [0.15, 0.2) is 11.5 Å². The van der Waals surface area contributed by atoms with Crippen molar-refractivity contribution in [3.63, 3.8) is 0 Å². The van der Waals surface area contributed by atoms with Crippen LogP contribution < -0.4 is 19.8 Å². The number of nitrogens with one attached hydrogen (secondary N) is 1. The molecule has 0 spiro atoms. The van der Waals surface area contributed by atoms with Gasteiger partial charge in [0.25, 0.3) is 5.56 Å². The van der Waals surface area contributed by atoms with Gasteiger partial charge in [-0.05, 0) is 38.8 Å². The number of rotatable bonds is 5. The van der Waals surface area contributed by atoms with Gasteiger partial charge in [-0.1, -0.05) is 6.92 Å². The summed E-state index contributed by atoms with van der Waals surface area (Å²) in [7, 11) is 1.67. The molecule has 0 radical (unpaired) electrons. The minimum absolute atomic E-state index is 0.000404. The van der Waals surface area contributed by atoms with Crippen LogP contribution >= 0.6 is 0 Å². The zero-order chi connectivity index (χ0) is 19.7. The molecule has 2 aliphatic rings. The van der Waals surface area contributed by atoms with Gasteiger partial charge in [-0.2, -0.15) is 0 Å². The van der Waals surface area contributed by atoms with E-state index >= 15 is 0 Å². The molecule has 1 aromatic carbocycles. The van der Waals surface area contributed by atoms with Crippen molar-refractivity contribution in [3.05, 3.63) is 45.1 Å². The van der Waals surface area contributed by atoms with E-state index in [0.29, 0.717) is 6.42 Å². The third-order valence-corrected chi connectivity index (χ3v) is 5.66. The van der Waals surface area contributed by atoms with Crippen molar-refractivity contribution in [1.29, 1.82) is 0 Å². The van der Waals surface area contributed by atoms with Gasteiger partial charge in [0.05, 0.1) is 7.11 Å². The highest BCUT2D eigenvalue weighted by molar-refractivity contribution is 5.51. The van der Waals surface area contributed by atoms with Crippen molar-refractivity contribution in [2.24, 2.45) is 0 Å². The van der Waals surface area contributed by atoms with E-state index in [1.54, 1.807) is 7.11 Å². The van der Waals surface area contributed by atoms with E-state index in [1.165, 1.54) is 0 Å². The summed E-state index contributed by atoms with van der Waals surface area (Å²) in [5.74, 6) is 3.33. The van der Waals surface area contributed by atoms with Crippen molar-refractivity contribution in [2.75, 3.05) is 27.0 Å². The first-order valence-electron chi connectivity index (χ1n) is 9.87. The third-order valence-electron chi connectivity index (χ3n) is 5.66. The fourth-order valence-corrected chi connectivity index (χ4v) is 4.18. The second kappa shape index (κ2) is 7.83. The number of piperidine rings is 1. The SMILES string of the molecule is CCc1c(C)nc(C2CCCN(Cc3cc4c(cc3OC)OCO4)C2)[nH]c1=O. The average Bonchev–Trinajstić information content (AvgIpc) is 3.14. The number of benzene rings is 1. The maximum absolute atomic E-state index is 12.3. The number of hydrogen-bond donors (Lipinski definition) is 1. The molecule has 1 unspecified atom stereocenters. The average molecular weight is 385 g/mol. The first-order valence-corrected chi connectivity index (χ1v) is 9.87. The summed E-state index contributed by atoms with van der Waals surface area (Å²) in [5.41, 5.74) is 2.70. The molecule has 2 aliphatic heterocycles. The maximum atomic E-state index is 12.3. The molecular formula is C21H27N3O4. The summed E-state index contributed by atoms with van der Waals surface area (Å²) in [5, 5.41) is 0. The highest BCUT2D eigenvalue weighted by Gasteiger charge is 2.26. The molecule has 0 aliphatic carbocycles. The standard InChI is InChI=1S/C21H27N3O4/c1-4-16-13(2)22-20(23-21(16)25)14-6-5-7-24(10-14)11-15-8-18-19(28-12-27-18)9-17(15)26-3/h8-9,14H,4-7,10-12H2,1-3H3,(H,22,23,25). The molecule has 0 saturated carbocycles. The van der Waals surface area contributed by atoms with Crippen molar-refractivity contribution in [3.8, 4) is 17.2 Å². The molecule has 3 heterocycles. The third kappa shape index (κ3) is 3.58. The first kappa shape index (κ1) is 18.8. The number of ether oxygens (including phenoxy) is 3. The predicted octanol–water partition coefficient (Wildman–Crippen LogP) is 2.76. The number of fused-ring (bicyclic) bond motifs is 1. The van der Waals surface area contributed by atoms with Crippen LogP contribution in [0.2, 0.25) is 0 Å². The number of nitrogens with zero attached hydrogens (tertiary/aromatic N) is 2.